The van der Waals surface area contributed by atoms with Gasteiger partial charge in [-0.3, -0.25) is 9.59 Å². The Morgan fingerprint density at radius 1 is 1.28 bits per heavy atom. The first-order chi connectivity index (χ1) is 8.24. The zero-order valence-corrected chi connectivity index (χ0v) is 12.2. The summed E-state index contributed by atoms with van der Waals surface area (Å²) in [6.07, 6.45) is 2.02. The van der Waals surface area contributed by atoms with Crippen molar-refractivity contribution in [1.29, 1.82) is 0 Å². The Morgan fingerprint density at radius 2 is 1.89 bits per heavy atom. The summed E-state index contributed by atoms with van der Waals surface area (Å²) in [5, 5.41) is 3.08. The maximum Gasteiger partial charge on any atom is 0.225 e. The van der Waals surface area contributed by atoms with Crippen LogP contribution in [0.3, 0.4) is 0 Å². The molecule has 0 radical (unpaired) electrons. The summed E-state index contributed by atoms with van der Waals surface area (Å²) < 4.78 is 0. The third-order valence-corrected chi connectivity index (χ3v) is 3.58. The minimum atomic E-state index is -0.375. The summed E-state index contributed by atoms with van der Waals surface area (Å²) in [7, 11) is 0. The summed E-state index contributed by atoms with van der Waals surface area (Å²) in [4.78, 5) is 25.3. The molecule has 0 aromatic heterocycles. The van der Waals surface area contributed by atoms with Gasteiger partial charge >= 0.3 is 0 Å². The van der Waals surface area contributed by atoms with Gasteiger partial charge in [0.1, 0.15) is 0 Å². The topological polar surface area (TPSA) is 49.4 Å². The first-order valence-electron chi connectivity index (χ1n) is 6.80. The standard InChI is InChI=1S/C14H26N2O2/c1-6-11-7-12(9-16(8-11)10(2)17)15-13(18)14(3,4)5/h11-12H,6-9H2,1-5H3,(H,15,18). The second-order valence-electron chi connectivity index (χ2n) is 6.35. The van der Waals surface area contributed by atoms with Crippen molar-refractivity contribution in [2.45, 2.75) is 53.5 Å². The lowest BCUT2D eigenvalue weighted by molar-refractivity contribution is -0.134. The minimum Gasteiger partial charge on any atom is -0.351 e. The first-order valence-corrected chi connectivity index (χ1v) is 6.80. The molecule has 1 heterocycles. The smallest absolute Gasteiger partial charge is 0.225 e. The monoisotopic (exact) mass is 254 g/mol. The molecule has 1 saturated heterocycles. The lowest BCUT2D eigenvalue weighted by atomic mass is 9.90. The number of piperidine rings is 1. The molecule has 1 aliphatic rings. The van der Waals surface area contributed by atoms with E-state index in [-0.39, 0.29) is 23.3 Å². The molecular weight excluding hydrogens is 228 g/mol. The van der Waals surface area contributed by atoms with Gasteiger partial charge in [-0.15, -0.1) is 0 Å². The number of carbonyl (C=O) groups excluding carboxylic acids is 2. The molecule has 0 bridgehead atoms. The average molecular weight is 254 g/mol. The van der Waals surface area contributed by atoms with E-state index in [1.165, 1.54) is 0 Å². The molecule has 4 nitrogen and oxygen atoms in total. The van der Waals surface area contributed by atoms with Crippen LogP contribution in [-0.2, 0) is 9.59 Å². The van der Waals surface area contributed by atoms with Crippen molar-refractivity contribution in [1.82, 2.24) is 10.2 Å². The Hall–Kier alpha value is -1.06. The lowest BCUT2D eigenvalue weighted by Gasteiger charge is -2.38. The van der Waals surface area contributed by atoms with Crippen LogP contribution in [0.15, 0.2) is 0 Å². The Kier molecular flexibility index (Phi) is 4.77. The molecule has 0 aromatic carbocycles. The van der Waals surface area contributed by atoms with Crippen LogP contribution in [0.1, 0.15) is 47.5 Å². The fraction of sp³-hybridized carbons (Fsp3) is 0.857. The van der Waals surface area contributed by atoms with Gasteiger partial charge in [-0.2, -0.15) is 0 Å². The molecule has 0 spiro atoms. The van der Waals surface area contributed by atoms with E-state index in [0.29, 0.717) is 12.5 Å². The normalized spacial score (nSPS) is 24.8. The van der Waals surface area contributed by atoms with E-state index in [4.69, 9.17) is 0 Å². The van der Waals surface area contributed by atoms with Gasteiger partial charge in [-0.25, -0.2) is 0 Å². The predicted octanol–water partition coefficient (Wildman–Crippen LogP) is 1.80. The highest BCUT2D eigenvalue weighted by Crippen LogP contribution is 2.21. The van der Waals surface area contributed by atoms with Crippen molar-refractivity contribution in [2.75, 3.05) is 13.1 Å². The van der Waals surface area contributed by atoms with Crippen LogP contribution in [0.5, 0.6) is 0 Å². The highest BCUT2D eigenvalue weighted by atomic mass is 16.2. The highest BCUT2D eigenvalue weighted by molar-refractivity contribution is 5.81. The van der Waals surface area contributed by atoms with E-state index in [9.17, 15) is 9.59 Å². The van der Waals surface area contributed by atoms with Crippen LogP contribution in [0, 0.1) is 11.3 Å². The van der Waals surface area contributed by atoms with Crippen LogP contribution >= 0.6 is 0 Å². The van der Waals surface area contributed by atoms with Crippen molar-refractivity contribution >= 4 is 11.8 Å². The molecule has 1 rings (SSSR count). The quantitative estimate of drug-likeness (QED) is 0.817. The molecule has 0 aliphatic carbocycles. The van der Waals surface area contributed by atoms with E-state index in [2.05, 4.69) is 12.2 Å². The highest BCUT2D eigenvalue weighted by Gasteiger charge is 2.31. The Balaban J connectivity index is 2.65. The van der Waals surface area contributed by atoms with E-state index >= 15 is 0 Å². The SMILES string of the molecule is CCC1CC(NC(=O)C(C)(C)C)CN(C(C)=O)C1. The Labute approximate surface area is 110 Å². The molecule has 1 fully saturated rings. The average Bonchev–Trinajstić information content (AvgIpc) is 2.27. The number of rotatable bonds is 2. The maximum atomic E-state index is 12.0. The van der Waals surface area contributed by atoms with Gasteiger partial charge in [0.25, 0.3) is 0 Å². The van der Waals surface area contributed by atoms with Gasteiger partial charge in [0.2, 0.25) is 11.8 Å². The molecule has 2 unspecified atom stereocenters. The molecule has 18 heavy (non-hydrogen) atoms. The number of nitrogens with zero attached hydrogens (tertiary/aromatic N) is 1. The number of amides is 2. The van der Waals surface area contributed by atoms with Crippen LogP contribution in [-0.4, -0.2) is 35.8 Å². The summed E-state index contributed by atoms with van der Waals surface area (Å²) >= 11 is 0. The van der Waals surface area contributed by atoms with E-state index in [1.54, 1.807) is 6.92 Å². The van der Waals surface area contributed by atoms with Gasteiger partial charge in [0.05, 0.1) is 0 Å². The molecule has 1 N–H and O–H groups in total. The van der Waals surface area contributed by atoms with Crippen LogP contribution in [0.4, 0.5) is 0 Å². The molecule has 1 aliphatic heterocycles. The van der Waals surface area contributed by atoms with Crippen molar-refractivity contribution < 1.29 is 9.59 Å². The molecule has 104 valence electrons. The van der Waals surface area contributed by atoms with Gasteiger partial charge in [0, 0.05) is 31.5 Å². The zero-order valence-electron chi connectivity index (χ0n) is 12.2. The Bertz CT molecular complexity index is 320. The van der Waals surface area contributed by atoms with Gasteiger partial charge in [-0.05, 0) is 12.3 Å². The molecule has 4 heteroatoms. The molecule has 0 aromatic rings. The van der Waals surface area contributed by atoms with Crippen LogP contribution < -0.4 is 5.32 Å². The van der Waals surface area contributed by atoms with Crippen molar-refractivity contribution in [3.63, 3.8) is 0 Å². The molecule has 0 saturated carbocycles. The summed E-state index contributed by atoms with van der Waals surface area (Å²) in [6.45, 7) is 10.9. The summed E-state index contributed by atoms with van der Waals surface area (Å²) in [5.41, 5.74) is -0.375. The fourth-order valence-corrected chi connectivity index (χ4v) is 2.26. The van der Waals surface area contributed by atoms with E-state index < -0.39 is 0 Å². The predicted molar refractivity (Wildman–Crippen MR) is 72.0 cm³/mol. The third kappa shape index (κ3) is 4.00. The lowest BCUT2D eigenvalue weighted by Crippen LogP contribution is -2.53. The molecule has 2 atom stereocenters. The molecule has 2 amide bonds. The van der Waals surface area contributed by atoms with Crippen molar-refractivity contribution in [3.05, 3.63) is 0 Å². The van der Waals surface area contributed by atoms with E-state index in [0.717, 1.165) is 19.4 Å². The van der Waals surface area contributed by atoms with Crippen LogP contribution in [0.2, 0.25) is 0 Å². The number of nitrogens with one attached hydrogen (secondary N) is 1. The molecular formula is C14H26N2O2. The van der Waals surface area contributed by atoms with Gasteiger partial charge in [0.15, 0.2) is 0 Å². The fourth-order valence-electron chi connectivity index (χ4n) is 2.26. The largest absolute Gasteiger partial charge is 0.351 e. The number of carbonyl (C=O) groups is 2. The van der Waals surface area contributed by atoms with E-state index in [1.807, 2.05) is 25.7 Å². The summed E-state index contributed by atoms with van der Waals surface area (Å²) in [5.74, 6) is 0.656. The number of hydrogen-bond acceptors (Lipinski definition) is 2. The van der Waals surface area contributed by atoms with Gasteiger partial charge < -0.3 is 10.2 Å². The second-order valence-corrected chi connectivity index (χ2v) is 6.35. The van der Waals surface area contributed by atoms with Crippen LogP contribution in [0.25, 0.3) is 0 Å². The minimum absolute atomic E-state index is 0.0627. The Morgan fingerprint density at radius 3 is 2.33 bits per heavy atom. The van der Waals surface area contributed by atoms with Crippen molar-refractivity contribution in [3.8, 4) is 0 Å². The van der Waals surface area contributed by atoms with Gasteiger partial charge in [-0.1, -0.05) is 34.1 Å². The number of hydrogen-bond donors (Lipinski definition) is 1. The first kappa shape index (κ1) is 15.0. The van der Waals surface area contributed by atoms with Crippen molar-refractivity contribution in [2.24, 2.45) is 11.3 Å². The number of likely N-dealkylation sites (tertiary alicyclic amines) is 1. The second kappa shape index (κ2) is 5.72. The third-order valence-electron chi connectivity index (χ3n) is 3.58. The maximum absolute atomic E-state index is 12.0. The zero-order chi connectivity index (χ0) is 13.9. The summed E-state index contributed by atoms with van der Waals surface area (Å²) in [6, 6.07) is 0.0966.